The van der Waals surface area contributed by atoms with Crippen molar-refractivity contribution in [2.75, 3.05) is 12.8 Å². The molecular weight excluding hydrogens is 285 g/mol. The van der Waals surface area contributed by atoms with Crippen molar-refractivity contribution in [3.8, 4) is 5.75 Å². The predicted octanol–water partition coefficient (Wildman–Crippen LogP) is 3.95. The van der Waals surface area contributed by atoms with Crippen LogP contribution in [0.5, 0.6) is 5.75 Å². The van der Waals surface area contributed by atoms with Crippen LogP contribution in [0.4, 0.5) is 4.39 Å². The maximum Gasteiger partial charge on any atom is 0.133 e. The molecule has 1 N–H and O–H groups in total. The van der Waals surface area contributed by atoms with Crippen molar-refractivity contribution < 1.29 is 9.13 Å². The maximum absolute atomic E-state index is 13.7. The van der Waals surface area contributed by atoms with Crippen LogP contribution in [0.2, 0.25) is 0 Å². The largest absolute Gasteiger partial charge is 0.486 e. The first-order valence-electron chi connectivity index (χ1n) is 7.00. The normalized spacial score (nSPS) is 18.7. The Morgan fingerprint density at radius 3 is 2.86 bits per heavy atom. The topological polar surface area (TPSA) is 21.3 Å². The molecule has 0 saturated carbocycles. The second-order valence-corrected chi connectivity index (χ2v) is 6.30. The quantitative estimate of drug-likeness (QED) is 0.928. The lowest BCUT2D eigenvalue weighted by molar-refractivity contribution is 0.171. The van der Waals surface area contributed by atoms with Crippen molar-refractivity contribution in [2.45, 2.75) is 24.0 Å². The third-order valence-corrected chi connectivity index (χ3v) is 4.78. The standard InChI is InChI=1S/C17H18FNOS/c1-11-7-12(9-13(18)8-11)17(19-2)15-10-21-16-6-4-3-5-14(16)20-15/h3-9,15,17,19H,10H2,1-2H3. The fourth-order valence-corrected chi connectivity index (χ4v) is 3.75. The van der Waals surface area contributed by atoms with Gasteiger partial charge in [0.05, 0.1) is 6.04 Å². The molecule has 110 valence electrons. The van der Waals surface area contributed by atoms with Crippen LogP contribution in [0.3, 0.4) is 0 Å². The fraction of sp³-hybridized carbons (Fsp3) is 0.294. The summed E-state index contributed by atoms with van der Waals surface area (Å²) in [5, 5.41) is 3.27. The molecule has 3 rings (SSSR count). The van der Waals surface area contributed by atoms with Crippen molar-refractivity contribution in [1.82, 2.24) is 5.32 Å². The minimum atomic E-state index is -0.200. The predicted molar refractivity (Wildman–Crippen MR) is 84.5 cm³/mol. The zero-order valence-corrected chi connectivity index (χ0v) is 12.9. The summed E-state index contributed by atoms with van der Waals surface area (Å²) in [6.07, 6.45) is -0.0175. The number of hydrogen-bond acceptors (Lipinski definition) is 3. The number of likely N-dealkylation sites (N-methyl/N-ethyl adjacent to an activating group) is 1. The van der Waals surface area contributed by atoms with Crippen LogP contribution in [0, 0.1) is 12.7 Å². The summed E-state index contributed by atoms with van der Waals surface area (Å²) in [6.45, 7) is 1.91. The molecule has 0 amide bonds. The molecule has 0 fully saturated rings. The van der Waals surface area contributed by atoms with Crippen LogP contribution in [-0.2, 0) is 0 Å². The Labute approximate surface area is 128 Å². The Bertz CT molecular complexity index is 626. The lowest BCUT2D eigenvalue weighted by Crippen LogP contribution is -2.37. The number of halogens is 1. The molecule has 4 heteroatoms. The third-order valence-electron chi connectivity index (χ3n) is 3.64. The highest BCUT2D eigenvalue weighted by molar-refractivity contribution is 7.99. The molecule has 0 radical (unpaired) electrons. The smallest absolute Gasteiger partial charge is 0.133 e. The van der Waals surface area contributed by atoms with Gasteiger partial charge in [0.25, 0.3) is 0 Å². The highest BCUT2D eigenvalue weighted by Gasteiger charge is 2.28. The van der Waals surface area contributed by atoms with Gasteiger partial charge < -0.3 is 10.1 Å². The Hall–Kier alpha value is -1.52. The van der Waals surface area contributed by atoms with Gasteiger partial charge in [-0.3, -0.25) is 0 Å². The van der Waals surface area contributed by atoms with Gasteiger partial charge in [0.1, 0.15) is 17.7 Å². The number of rotatable bonds is 3. The summed E-state index contributed by atoms with van der Waals surface area (Å²) >= 11 is 1.78. The number of ether oxygens (including phenoxy) is 1. The van der Waals surface area contributed by atoms with Gasteiger partial charge in [-0.05, 0) is 49.4 Å². The molecule has 2 nitrogen and oxygen atoms in total. The monoisotopic (exact) mass is 303 g/mol. The molecule has 1 heterocycles. The molecule has 1 aliphatic heterocycles. The van der Waals surface area contributed by atoms with Gasteiger partial charge in [0.15, 0.2) is 0 Å². The van der Waals surface area contributed by atoms with E-state index in [1.54, 1.807) is 23.9 Å². The first-order chi connectivity index (χ1) is 10.2. The summed E-state index contributed by atoms with van der Waals surface area (Å²) in [4.78, 5) is 1.17. The van der Waals surface area contributed by atoms with Crippen LogP contribution >= 0.6 is 11.8 Å². The minimum absolute atomic E-state index is 0.0175. The van der Waals surface area contributed by atoms with Gasteiger partial charge >= 0.3 is 0 Å². The van der Waals surface area contributed by atoms with Crippen molar-refractivity contribution in [1.29, 1.82) is 0 Å². The van der Waals surface area contributed by atoms with E-state index in [-0.39, 0.29) is 18.0 Å². The molecule has 0 saturated heterocycles. The highest BCUT2D eigenvalue weighted by Crippen LogP contribution is 2.38. The average Bonchev–Trinajstić information content (AvgIpc) is 2.47. The second-order valence-electron chi connectivity index (χ2n) is 5.24. The highest BCUT2D eigenvalue weighted by atomic mass is 32.2. The second kappa shape index (κ2) is 6.08. The molecule has 0 spiro atoms. The minimum Gasteiger partial charge on any atom is -0.486 e. The third kappa shape index (κ3) is 3.06. The number of benzene rings is 2. The van der Waals surface area contributed by atoms with Gasteiger partial charge in [-0.1, -0.05) is 18.2 Å². The Morgan fingerprint density at radius 1 is 1.29 bits per heavy atom. The van der Waals surface area contributed by atoms with Crippen molar-refractivity contribution in [3.05, 3.63) is 59.4 Å². The van der Waals surface area contributed by atoms with Crippen LogP contribution < -0.4 is 10.1 Å². The first-order valence-corrected chi connectivity index (χ1v) is 7.99. The summed E-state index contributed by atoms with van der Waals surface area (Å²) in [5.41, 5.74) is 1.86. The van der Waals surface area contributed by atoms with Crippen molar-refractivity contribution >= 4 is 11.8 Å². The van der Waals surface area contributed by atoms with Crippen LogP contribution in [-0.4, -0.2) is 18.9 Å². The van der Waals surface area contributed by atoms with E-state index in [9.17, 15) is 4.39 Å². The SMILES string of the molecule is CNC(c1cc(C)cc(F)c1)C1CSc2ccccc2O1. The van der Waals surface area contributed by atoms with Crippen LogP contribution in [0.1, 0.15) is 17.2 Å². The Balaban J connectivity index is 1.88. The number of fused-ring (bicyclic) bond motifs is 1. The number of nitrogens with one attached hydrogen (secondary N) is 1. The molecule has 2 aromatic carbocycles. The van der Waals surface area contributed by atoms with E-state index in [1.807, 2.05) is 38.2 Å². The van der Waals surface area contributed by atoms with Crippen molar-refractivity contribution in [3.63, 3.8) is 0 Å². The molecule has 2 atom stereocenters. The number of thioether (sulfide) groups is 1. The molecule has 21 heavy (non-hydrogen) atoms. The van der Waals surface area contributed by atoms with Gasteiger partial charge in [0.2, 0.25) is 0 Å². The first kappa shape index (κ1) is 14.4. The van der Waals surface area contributed by atoms with Crippen LogP contribution in [0.25, 0.3) is 0 Å². The summed E-state index contributed by atoms with van der Waals surface area (Å²) in [5.74, 6) is 1.55. The average molecular weight is 303 g/mol. The fourth-order valence-electron chi connectivity index (χ4n) is 2.71. The number of hydrogen-bond donors (Lipinski definition) is 1. The Kier molecular flexibility index (Phi) is 4.17. The summed E-state index contributed by atoms with van der Waals surface area (Å²) in [6, 6.07) is 13.2. The van der Waals surface area contributed by atoms with Gasteiger partial charge in [-0.15, -0.1) is 11.8 Å². The molecule has 0 aliphatic carbocycles. The van der Waals surface area contributed by atoms with E-state index in [4.69, 9.17) is 4.74 Å². The lowest BCUT2D eigenvalue weighted by atomic mass is 10.00. The van der Waals surface area contributed by atoms with E-state index in [1.165, 1.54) is 4.90 Å². The molecule has 0 aromatic heterocycles. The van der Waals surface area contributed by atoms with Gasteiger partial charge in [-0.25, -0.2) is 4.39 Å². The molecular formula is C17H18FNOS. The molecule has 2 unspecified atom stereocenters. The molecule has 1 aliphatic rings. The zero-order valence-electron chi connectivity index (χ0n) is 12.1. The van der Waals surface area contributed by atoms with E-state index >= 15 is 0 Å². The van der Waals surface area contributed by atoms with E-state index < -0.39 is 0 Å². The lowest BCUT2D eigenvalue weighted by Gasteiger charge is -2.32. The van der Waals surface area contributed by atoms with E-state index in [2.05, 4.69) is 11.4 Å². The molecule has 0 bridgehead atoms. The van der Waals surface area contributed by atoms with Crippen molar-refractivity contribution in [2.24, 2.45) is 0 Å². The van der Waals surface area contributed by atoms with E-state index in [0.29, 0.717) is 0 Å². The summed E-state index contributed by atoms with van der Waals surface area (Å²) < 4.78 is 19.8. The Morgan fingerprint density at radius 2 is 2.10 bits per heavy atom. The zero-order chi connectivity index (χ0) is 14.8. The van der Waals surface area contributed by atoms with Gasteiger partial charge in [-0.2, -0.15) is 0 Å². The van der Waals surface area contributed by atoms with Crippen LogP contribution in [0.15, 0.2) is 47.4 Å². The van der Waals surface area contributed by atoms with E-state index in [0.717, 1.165) is 22.6 Å². The number of aryl methyl sites for hydroxylation is 1. The maximum atomic E-state index is 13.7. The molecule has 2 aromatic rings. The van der Waals surface area contributed by atoms with Gasteiger partial charge in [0, 0.05) is 10.6 Å². The summed E-state index contributed by atoms with van der Waals surface area (Å²) in [7, 11) is 1.89. The number of para-hydroxylation sites is 1.